The molecule has 0 aromatic heterocycles. The van der Waals surface area contributed by atoms with E-state index < -0.39 is 0 Å². The van der Waals surface area contributed by atoms with Gasteiger partial charge in [-0.05, 0) is 36.5 Å². The van der Waals surface area contributed by atoms with Gasteiger partial charge in [-0.1, -0.05) is 51.7 Å². The quantitative estimate of drug-likeness (QED) is 0.297. The van der Waals surface area contributed by atoms with E-state index in [0.717, 1.165) is 0 Å². The molecule has 0 fully saturated rings. The predicted molar refractivity (Wildman–Crippen MR) is 82.8 cm³/mol. The first-order valence-corrected chi connectivity index (χ1v) is 8.31. The summed E-state index contributed by atoms with van der Waals surface area (Å²) in [5.74, 6) is 0. The first kappa shape index (κ1) is 17.1. The van der Waals surface area contributed by atoms with Gasteiger partial charge in [-0.25, -0.2) is 3.63 Å². The molecule has 1 nitrogen and oxygen atoms in total. The van der Waals surface area contributed by atoms with Crippen molar-refractivity contribution in [3.05, 3.63) is 23.0 Å². The molecule has 0 amide bonds. The van der Waals surface area contributed by atoms with Crippen LogP contribution in [0.4, 0.5) is 0 Å². The minimum atomic E-state index is 1.17. The summed E-state index contributed by atoms with van der Waals surface area (Å²) >= 11 is 2.82. The molecule has 100 valence electrons. The van der Waals surface area contributed by atoms with Gasteiger partial charge in [0.1, 0.15) is 0 Å². The van der Waals surface area contributed by atoms with Crippen molar-refractivity contribution >= 4 is 24.1 Å². The van der Waals surface area contributed by atoms with Crippen LogP contribution in [0.1, 0.15) is 65.2 Å². The largest absolute Gasteiger partial charge is 0.238 e. The first-order valence-electron chi connectivity index (χ1n) is 6.70. The Kier molecular flexibility index (Phi) is 16.3. The fourth-order valence-electron chi connectivity index (χ4n) is 1.31. The Morgan fingerprint density at radius 2 is 1.24 bits per heavy atom. The standard InChI is InChI=1S/C14H26OS2/c1-3-5-7-9-11-13-16-15-17-14-12-10-8-6-4-2/h11-14H,3-10H2,1-2H3/b13-11+,14-12+. The lowest BCUT2D eigenvalue weighted by Crippen LogP contribution is -1.70. The van der Waals surface area contributed by atoms with Gasteiger partial charge in [-0.15, -0.1) is 0 Å². The Bertz CT molecular complexity index is 171. The monoisotopic (exact) mass is 274 g/mol. The highest BCUT2D eigenvalue weighted by Gasteiger charge is 1.85. The molecule has 0 saturated heterocycles. The highest BCUT2D eigenvalue weighted by atomic mass is 32.2. The molecule has 0 aliphatic carbocycles. The Balaban J connectivity index is 3.11. The maximum atomic E-state index is 5.31. The van der Waals surface area contributed by atoms with Gasteiger partial charge < -0.3 is 0 Å². The van der Waals surface area contributed by atoms with E-state index in [1.807, 2.05) is 10.8 Å². The number of hydrogen-bond acceptors (Lipinski definition) is 3. The lowest BCUT2D eigenvalue weighted by molar-refractivity contribution is 0.728. The van der Waals surface area contributed by atoms with Crippen molar-refractivity contribution in [2.75, 3.05) is 0 Å². The van der Waals surface area contributed by atoms with Crippen molar-refractivity contribution in [1.29, 1.82) is 0 Å². The van der Waals surface area contributed by atoms with Crippen molar-refractivity contribution < 1.29 is 3.63 Å². The molecule has 3 heteroatoms. The summed E-state index contributed by atoms with van der Waals surface area (Å²) in [6.45, 7) is 4.45. The molecule has 0 aromatic carbocycles. The Morgan fingerprint density at radius 3 is 1.65 bits per heavy atom. The molecule has 0 radical (unpaired) electrons. The molecule has 0 rings (SSSR count). The average molecular weight is 274 g/mol. The molecule has 0 atom stereocenters. The van der Waals surface area contributed by atoms with Crippen LogP contribution in [0.2, 0.25) is 0 Å². The number of hydrogen-bond donors (Lipinski definition) is 0. The Morgan fingerprint density at radius 1 is 0.765 bits per heavy atom. The summed E-state index contributed by atoms with van der Waals surface area (Å²) in [6, 6.07) is 0. The van der Waals surface area contributed by atoms with E-state index in [-0.39, 0.29) is 0 Å². The molecule has 0 bridgehead atoms. The molecule has 0 saturated carbocycles. The Hall–Kier alpha value is 0.140. The minimum absolute atomic E-state index is 1.17. The third kappa shape index (κ3) is 16.1. The van der Waals surface area contributed by atoms with Crippen LogP contribution >= 0.6 is 24.1 Å². The molecule has 0 spiro atoms. The van der Waals surface area contributed by atoms with Gasteiger partial charge in [0.05, 0.1) is 0 Å². The highest BCUT2D eigenvalue weighted by Crippen LogP contribution is 2.18. The first-order chi connectivity index (χ1) is 8.41. The van der Waals surface area contributed by atoms with E-state index >= 15 is 0 Å². The zero-order valence-electron chi connectivity index (χ0n) is 11.2. The number of rotatable bonds is 12. The zero-order valence-corrected chi connectivity index (χ0v) is 12.8. The molecule has 0 aromatic rings. The molecular formula is C14H26OS2. The van der Waals surface area contributed by atoms with Gasteiger partial charge in [0.2, 0.25) is 0 Å². The van der Waals surface area contributed by atoms with Gasteiger partial charge in [-0.3, -0.25) is 0 Å². The predicted octanol–water partition coefficient (Wildman–Crippen LogP) is 6.49. The second kappa shape index (κ2) is 16.1. The summed E-state index contributed by atoms with van der Waals surface area (Å²) in [5, 5.41) is 4.07. The van der Waals surface area contributed by atoms with Crippen molar-refractivity contribution in [2.45, 2.75) is 65.2 Å². The minimum Gasteiger partial charge on any atom is -0.238 e. The summed E-state index contributed by atoms with van der Waals surface area (Å²) in [7, 11) is 0. The second-order valence-corrected chi connectivity index (χ2v) is 5.47. The van der Waals surface area contributed by atoms with Crippen molar-refractivity contribution in [2.24, 2.45) is 0 Å². The van der Waals surface area contributed by atoms with Gasteiger partial charge in [0.25, 0.3) is 0 Å². The molecule has 0 unspecified atom stereocenters. The summed E-state index contributed by atoms with van der Waals surface area (Å²) < 4.78 is 5.31. The van der Waals surface area contributed by atoms with Crippen LogP contribution in [0, 0.1) is 0 Å². The van der Waals surface area contributed by atoms with E-state index in [2.05, 4.69) is 26.0 Å². The van der Waals surface area contributed by atoms with Crippen LogP contribution in [0.15, 0.2) is 23.0 Å². The van der Waals surface area contributed by atoms with E-state index in [4.69, 9.17) is 3.63 Å². The molecule has 0 aliphatic heterocycles. The third-order valence-corrected chi connectivity index (χ3v) is 3.57. The number of allylic oxidation sites excluding steroid dienone is 2. The summed E-state index contributed by atoms with van der Waals surface area (Å²) in [6.07, 6.45) is 14.5. The second-order valence-electron chi connectivity index (χ2n) is 4.00. The van der Waals surface area contributed by atoms with Crippen molar-refractivity contribution in [3.63, 3.8) is 0 Å². The smallest absolute Gasteiger partial charge is 0.0364 e. The molecule has 0 heterocycles. The van der Waals surface area contributed by atoms with Gasteiger partial charge in [0.15, 0.2) is 0 Å². The summed E-state index contributed by atoms with van der Waals surface area (Å²) in [5.41, 5.74) is 0. The molecular weight excluding hydrogens is 248 g/mol. The SMILES string of the molecule is CCCCC/C=C/SOS/C=C/CCCCC. The van der Waals surface area contributed by atoms with Crippen LogP contribution in [0.3, 0.4) is 0 Å². The zero-order chi connectivity index (χ0) is 12.6. The molecule has 17 heavy (non-hydrogen) atoms. The Labute approximate surface area is 116 Å². The van der Waals surface area contributed by atoms with Gasteiger partial charge in [-0.2, -0.15) is 0 Å². The third-order valence-electron chi connectivity index (χ3n) is 2.33. The maximum absolute atomic E-state index is 5.31. The molecule has 0 aliphatic rings. The normalized spacial score (nSPS) is 11.9. The van der Waals surface area contributed by atoms with E-state index in [0.29, 0.717) is 0 Å². The maximum Gasteiger partial charge on any atom is 0.0364 e. The van der Waals surface area contributed by atoms with Crippen LogP contribution in [0.5, 0.6) is 0 Å². The van der Waals surface area contributed by atoms with Gasteiger partial charge in [0, 0.05) is 24.1 Å². The molecule has 0 N–H and O–H groups in total. The highest BCUT2D eigenvalue weighted by molar-refractivity contribution is 8.10. The van der Waals surface area contributed by atoms with Crippen molar-refractivity contribution in [3.8, 4) is 0 Å². The fourth-order valence-corrected chi connectivity index (χ4v) is 2.28. The summed E-state index contributed by atoms with van der Waals surface area (Å²) in [4.78, 5) is 0. The average Bonchev–Trinajstić information content (AvgIpc) is 2.35. The van der Waals surface area contributed by atoms with Crippen LogP contribution in [-0.2, 0) is 3.63 Å². The van der Waals surface area contributed by atoms with Crippen molar-refractivity contribution in [1.82, 2.24) is 0 Å². The van der Waals surface area contributed by atoms with E-state index in [9.17, 15) is 0 Å². The van der Waals surface area contributed by atoms with Crippen LogP contribution < -0.4 is 0 Å². The van der Waals surface area contributed by atoms with E-state index in [1.165, 1.54) is 75.5 Å². The van der Waals surface area contributed by atoms with Crippen LogP contribution in [0.25, 0.3) is 0 Å². The van der Waals surface area contributed by atoms with Gasteiger partial charge >= 0.3 is 0 Å². The van der Waals surface area contributed by atoms with Crippen LogP contribution in [-0.4, -0.2) is 0 Å². The number of unbranched alkanes of at least 4 members (excludes halogenated alkanes) is 6. The topological polar surface area (TPSA) is 9.23 Å². The lowest BCUT2D eigenvalue weighted by Gasteiger charge is -1.93. The van der Waals surface area contributed by atoms with E-state index in [1.54, 1.807) is 0 Å². The fraction of sp³-hybridized carbons (Fsp3) is 0.714. The lowest BCUT2D eigenvalue weighted by atomic mass is 10.2.